The van der Waals surface area contributed by atoms with Gasteiger partial charge in [-0.2, -0.15) is 4.98 Å². The summed E-state index contributed by atoms with van der Waals surface area (Å²) in [6.45, 7) is 0. The van der Waals surface area contributed by atoms with Gasteiger partial charge in [-0.05, 0) is 12.1 Å². The fraction of sp³-hybridized carbons (Fsp3) is 0. The summed E-state index contributed by atoms with van der Waals surface area (Å²) < 4.78 is 20.7. The van der Waals surface area contributed by atoms with Crippen LogP contribution in [0.3, 0.4) is 0 Å². The van der Waals surface area contributed by atoms with E-state index >= 15 is 0 Å². The summed E-state index contributed by atoms with van der Waals surface area (Å²) in [5, 5.41) is 11.8. The van der Waals surface area contributed by atoms with E-state index < -0.39 is 5.82 Å². The van der Waals surface area contributed by atoms with E-state index in [2.05, 4.69) is 20.5 Å². The molecule has 7 heteroatoms. The lowest BCUT2D eigenvalue weighted by Gasteiger charge is -2.08. The first kappa shape index (κ1) is 13.3. The van der Waals surface area contributed by atoms with E-state index in [-0.39, 0.29) is 5.89 Å². The Morgan fingerprint density at radius 1 is 0.957 bits per heavy atom. The fourth-order valence-corrected chi connectivity index (χ4v) is 2.35. The zero-order valence-corrected chi connectivity index (χ0v) is 11.8. The molecule has 2 aromatic carbocycles. The molecule has 0 radical (unpaired) electrons. The molecule has 0 spiro atoms. The average molecular weight is 307 g/mol. The van der Waals surface area contributed by atoms with Crippen molar-refractivity contribution < 1.29 is 8.91 Å². The first-order valence-electron chi connectivity index (χ1n) is 6.87. The first-order chi connectivity index (χ1) is 11.3. The summed E-state index contributed by atoms with van der Waals surface area (Å²) in [6, 6.07) is 15.8. The number of rotatable bonds is 3. The van der Waals surface area contributed by atoms with Crippen molar-refractivity contribution in [1.29, 1.82) is 0 Å². The van der Waals surface area contributed by atoms with Gasteiger partial charge < -0.3 is 4.52 Å². The molecule has 4 rings (SSSR count). The van der Waals surface area contributed by atoms with Crippen LogP contribution in [0, 0.1) is 5.82 Å². The van der Waals surface area contributed by atoms with Crippen molar-refractivity contribution in [2.75, 3.05) is 0 Å². The van der Waals surface area contributed by atoms with Gasteiger partial charge in [0.05, 0.1) is 0 Å². The molecule has 0 atom stereocenters. The minimum absolute atomic E-state index is 0.228. The van der Waals surface area contributed by atoms with Crippen LogP contribution < -0.4 is 0 Å². The van der Waals surface area contributed by atoms with Crippen molar-refractivity contribution in [2.24, 2.45) is 0 Å². The Bertz CT molecular complexity index is 934. The van der Waals surface area contributed by atoms with Gasteiger partial charge in [-0.3, -0.25) is 0 Å². The van der Waals surface area contributed by atoms with Crippen molar-refractivity contribution >= 4 is 0 Å². The smallest absolute Gasteiger partial charge is 0.280 e. The lowest BCUT2D eigenvalue weighted by molar-refractivity contribution is 0.429. The van der Waals surface area contributed by atoms with Gasteiger partial charge in [0.15, 0.2) is 12.0 Å². The summed E-state index contributed by atoms with van der Waals surface area (Å²) in [5.74, 6) is -0.168. The van der Waals surface area contributed by atoms with Crippen molar-refractivity contribution in [3.63, 3.8) is 0 Å². The Hall–Kier alpha value is -3.35. The van der Waals surface area contributed by atoms with Crippen LogP contribution in [0.4, 0.5) is 4.39 Å². The zero-order chi connectivity index (χ0) is 15.6. The van der Waals surface area contributed by atoms with E-state index in [1.807, 2.05) is 30.3 Å². The number of aromatic nitrogens is 5. The van der Waals surface area contributed by atoms with E-state index in [0.29, 0.717) is 17.1 Å². The Kier molecular flexibility index (Phi) is 3.16. The molecule has 0 fully saturated rings. The summed E-state index contributed by atoms with van der Waals surface area (Å²) >= 11 is 0. The number of para-hydroxylation sites is 1. The minimum atomic E-state index is -0.397. The van der Waals surface area contributed by atoms with Crippen molar-refractivity contribution in [3.8, 4) is 28.5 Å². The van der Waals surface area contributed by atoms with Gasteiger partial charge in [-0.15, -0.1) is 5.10 Å². The predicted octanol–water partition coefficient (Wildman–Crippen LogP) is 3.12. The zero-order valence-electron chi connectivity index (χ0n) is 11.8. The van der Waals surface area contributed by atoms with E-state index in [4.69, 9.17) is 4.52 Å². The number of hydrogen-bond acceptors (Lipinski definition) is 5. The molecule has 23 heavy (non-hydrogen) atoms. The maximum Gasteiger partial charge on any atom is 0.280 e. The molecular weight excluding hydrogens is 297 g/mol. The Morgan fingerprint density at radius 2 is 1.74 bits per heavy atom. The van der Waals surface area contributed by atoms with Crippen molar-refractivity contribution in [3.05, 3.63) is 66.7 Å². The third-order valence-electron chi connectivity index (χ3n) is 3.36. The number of hydrogen-bond donors (Lipinski definition) is 0. The molecular formula is C16H10FN5O. The predicted molar refractivity (Wildman–Crippen MR) is 80.0 cm³/mol. The Morgan fingerprint density at radius 3 is 2.48 bits per heavy atom. The summed E-state index contributed by atoms with van der Waals surface area (Å²) in [5.41, 5.74) is 2.09. The van der Waals surface area contributed by atoms with Gasteiger partial charge in [-0.25, -0.2) is 9.07 Å². The largest absolute Gasteiger partial charge is 0.332 e. The molecule has 6 nitrogen and oxygen atoms in total. The molecule has 0 aliphatic carbocycles. The second-order valence-corrected chi connectivity index (χ2v) is 4.76. The van der Waals surface area contributed by atoms with E-state index in [1.54, 1.807) is 18.2 Å². The molecule has 0 aliphatic rings. The average Bonchev–Trinajstić information content (AvgIpc) is 3.25. The molecule has 0 bridgehead atoms. The van der Waals surface area contributed by atoms with E-state index in [0.717, 1.165) is 5.56 Å². The molecule has 0 saturated heterocycles. The van der Waals surface area contributed by atoms with Gasteiger partial charge in [0, 0.05) is 5.56 Å². The quantitative estimate of drug-likeness (QED) is 0.581. The summed E-state index contributed by atoms with van der Waals surface area (Å²) in [6.07, 6.45) is 1.28. The maximum atomic E-state index is 14.2. The lowest BCUT2D eigenvalue weighted by atomic mass is 10.1. The molecule has 2 aromatic heterocycles. The SMILES string of the molecule is Fc1ccccc1-n1nnc(-c2ncno2)c1-c1ccccc1. The molecule has 0 N–H and O–H groups in total. The van der Waals surface area contributed by atoms with Crippen LogP contribution in [0.1, 0.15) is 0 Å². The summed E-state index contributed by atoms with van der Waals surface area (Å²) in [7, 11) is 0. The van der Waals surface area contributed by atoms with Crippen molar-refractivity contribution in [1.82, 2.24) is 25.1 Å². The fourth-order valence-electron chi connectivity index (χ4n) is 2.35. The Labute approximate surface area is 130 Å². The highest BCUT2D eigenvalue weighted by Gasteiger charge is 2.22. The molecule has 2 heterocycles. The van der Waals surface area contributed by atoms with Gasteiger partial charge in [0.1, 0.15) is 17.2 Å². The third-order valence-corrected chi connectivity index (χ3v) is 3.36. The second kappa shape index (κ2) is 5.45. The maximum absolute atomic E-state index is 14.2. The molecule has 0 aliphatic heterocycles. The van der Waals surface area contributed by atoms with Crippen LogP contribution in [0.25, 0.3) is 28.5 Å². The van der Waals surface area contributed by atoms with Crippen LogP contribution in [-0.4, -0.2) is 25.1 Å². The van der Waals surface area contributed by atoms with Crippen LogP contribution in [0.2, 0.25) is 0 Å². The monoisotopic (exact) mass is 307 g/mol. The normalized spacial score (nSPS) is 10.8. The Balaban J connectivity index is 2.00. The molecule has 112 valence electrons. The minimum Gasteiger partial charge on any atom is -0.332 e. The molecule has 0 amide bonds. The summed E-state index contributed by atoms with van der Waals surface area (Å²) in [4.78, 5) is 4.01. The highest BCUT2D eigenvalue weighted by atomic mass is 19.1. The van der Waals surface area contributed by atoms with Crippen LogP contribution in [-0.2, 0) is 0 Å². The topological polar surface area (TPSA) is 69.6 Å². The van der Waals surface area contributed by atoms with Crippen LogP contribution in [0.5, 0.6) is 0 Å². The van der Waals surface area contributed by atoms with Gasteiger partial charge in [0.25, 0.3) is 5.89 Å². The number of benzene rings is 2. The lowest BCUT2D eigenvalue weighted by Crippen LogP contribution is -2.02. The van der Waals surface area contributed by atoms with E-state index in [9.17, 15) is 4.39 Å². The first-order valence-corrected chi connectivity index (χ1v) is 6.87. The highest BCUT2D eigenvalue weighted by molar-refractivity contribution is 5.75. The molecule has 0 unspecified atom stereocenters. The van der Waals surface area contributed by atoms with Crippen LogP contribution >= 0.6 is 0 Å². The number of halogens is 1. The van der Waals surface area contributed by atoms with Gasteiger partial charge in [0.2, 0.25) is 0 Å². The number of nitrogens with zero attached hydrogens (tertiary/aromatic N) is 5. The van der Waals surface area contributed by atoms with Crippen LogP contribution in [0.15, 0.2) is 65.4 Å². The second-order valence-electron chi connectivity index (χ2n) is 4.76. The standard InChI is InChI=1S/C16H10FN5O/c17-12-8-4-5-9-13(12)22-15(11-6-2-1-3-7-11)14(20-21-22)16-18-10-19-23-16/h1-10H. The van der Waals surface area contributed by atoms with Crippen molar-refractivity contribution in [2.45, 2.75) is 0 Å². The molecule has 4 aromatic rings. The third kappa shape index (κ3) is 2.28. The van der Waals surface area contributed by atoms with Gasteiger partial charge in [-0.1, -0.05) is 52.8 Å². The highest BCUT2D eigenvalue weighted by Crippen LogP contribution is 2.31. The van der Waals surface area contributed by atoms with E-state index in [1.165, 1.54) is 17.1 Å². The van der Waals surface area contributed by atoms with Gasteiger partial charge >= 0.3 is 0 Å². The molecule has 0 saturated carbocycles.